The van der Waals surface area contributed by atoms with E-state index in [1.807, 2.05) is 43.3 Å². The van der Waals surface area contributed by atoms with Crippen molar-refractivity contribution in [1.82, 2.24) is 4.72 Å². The van der Waals surface area contributed by atoms with Gasteiger partial charge in [0.25, 0.3) is 0 Å². The van der Waals surface area contributed by atoms with Gasteiger partial charge in [-0.25, -0.2) is 13.1 Å². The molecule has 0 bridgehead atoms. The summed E-state index contributed by atoms with van der Waals surface area (Å²) >= 11 is 1.16. The fourth-order valence-electron chi connectivity index (χ4n) is 2.18. The van der Waals surface area contributed by atoms with E-state index in [0.717, 1.165) is 22.7 Å². The highest BCUT2D eigenvalue weighted by Gasteiger charge is 2.17. The number of anilines is 2. The van der Waals surface area contributed by atoms with E-state index < -0.39 is 10.0 Å². The number of hydrogen-bond donors (Lipinski definition) is 1. The van der Waals surface area contributed by atoms with Crippen LogP contribution in [0.4, 0.5) is 11.4 Å². The minimum atomic E-state index is -3.51. The fraction of sp³-hybridized carbons (Fsp3) is 0.312. The monoisotopic (exact) mass is 367 g/mol. The van der Waals surface area contributed by atoms with Crippen LogP contribution < -0.4 is 14.5 Å². The molecule has 1 aromatic carbocycles. The van der Waals surface area contributed by atoms with E-state index in [0.29, 0.717) is 0 Å². The molecule has 2 rings (SSSR count). The van der Waals surface area contributed by atoms with Crippen molar-refractivity contribution in [2.75, 3.05) is 37.0 Å². The van der Waals surface area contributed by atoms with Gasteiger partial charge in [-0.2, -0.15) is 0 Å². The number of sulfonamides is 1. The molecule has 1 aromatic heterocycles. The van der Waals surface area contributed by atoms with Crippen molar-refractivity contribution in [3.05, 3.63) is 41.8 Å². The van der Waals surface area contributed by atoms with Crippen LogP contribution in [-0.2, 0) is 14.8 Å². The average Bonchev–Trinajstić information content (AvgIpc) is 3.06. The summed E-state index contributed by atoms with van der Waals surface area (Å²) in [6.07, 6.45) is 0. The van der Waals surface area contributed by atoms with Gasteiger partial charge < -0.3 is 9.80 Å². The Balaban J connectivity index is 2.03. The fourth-order valence-corrected chi connectivity index (χ4v) is 4.24. The van der Waals surface area contributed by atoms with E-state index in [2.05, 4.69) is 4.72 Å². The number of thiophene rings is 1. The first-order valence-corrected chi connectivity index (χ1v) is 9.76. The number of nitrogens with zero attached hydrogens (tertiary/aromatic N) is 2. The predicted octanol–water partition coefficient (Wildman–Crippen LogP) is 2.15. The first-order valence-electron chi connectivity index (χ1n) is 7.40. The molecule has 0 atom stereocenters. The number of hydrogen-bond acceptors (Lipinski definition) is 5. The molecule has 24 heavy (non-hydrogen) atoms. The topological polar surface area (TPSA) is 69.7 Å². The van der Waals surface area contributed by atoms with Crippen LogP contribution >= 0.6 is 11.3 Å². The maximum atomic E-state index is 12.1. The number of amides is 1. The zero-order valence-electron chi connectivity index (χ0n) is 13.9. The Hall–Kier alpha value is -1.90. The zero-order chi connectivity index (χ0) is 17.7. The average molecular weight is 367 g/mol. The number of nitrogens with one attached hydrogen (secondary N) is 1. The molecule has 1 heterocycles. The van der Waals surface area contributed by atoms with Crippen LogP contribution in [0.5, 0.6) is 0 Å². The summed E-state index contributed by atoms with van der Waals surface area (Å²) in [5, 5.41) is 1.71. The number of benzene rings is 1. The van der Waals surface area contributed by atoms with Crippen LogP contribution in [0.2, 0.25) is 0 Å². The summed E-state index contributed by atoms with van der Waals surface area (Å²) in [4.78, 5) is 15.4. The molecule has 0 aliphatic rings. The van der Waals surface area contributed by atoms with Gasteiger partial charge in [-0.1, -0.05) is 6.07 Å². The van der Waals surface area contributed by atoms with Crippen molar-refractivity contribution < 1.29 is 13.2 Å². The second-order valence-corrected chi connectivity index (χ2v) is 8.35. The number of carbonyl (C=O) groups excluding carboxylic acids is 1. The van der Waals surface area contributed by atoms with Gasteiger partial charge in [0.05, 0.1) is 0 Å². The predicted molar refractivity (Wildman–Crippen MR) is 98.3 cm³/mol. The van der Waals surface area contributed by atoms with E-state index in [1.165, 1.54) is 6.92 Å². The van der Waals surface area contributed by atoms with Crippen molar-refractivity contribution in [1.29, 1.82) is 0 Å². The Morgan fingerprint density at radius 1 is 1.12 bits per heavy atom. The standard InChI is InChI=1S/C16H21N3O3S2/c1-13(20)19(15-8-6-14(7-9-15)18(2)3)11-10-17-24(21,22)16-5-4-12-23-16/h4-9,12,17H,10-11H2,1-3H3. The van der Waals surface area contributed by atoms with E-state index >= 15 is 0 Å². The maximum absolute atomic E-state index is 12.1. The summed E-state index contributed by atoms with van der Waals surface area (Å²) in [5.41, 5.74) is 1.77. The molecular weight excluding hydrogens is 346 g/mol. The lowest BCUT2D eigenvalue weighted by molar-refractivity contribution is -0.116. The molecule has 1 N–H and O–H groups in total. The highest BCUT2D eigenvalue weighted by molar-refractivity contribution is 7.91. The molecule has 0 saturated heterocycles. The van der Waals surface area contributed by atoms with Gasteiger partial charge in [0, 0.05) is 45.5 Å². The molecule has 0 fully saturated rings. The summed E-state index contributed by atoms with van der Waals surface area (Å²) in [6.45, 7) is 1.88. The maximum Gasteiger partial charge on any atom is 0.250 e. The quantitative estimate of drug-likeness (QED) is 0.814. The van der Waals surface area contributed by atoms with Crippen molar-refractivity contribution >= 4 is 38.6 Å². The number of carbonyl (C=O) groups is 1. The van der Waals surface area contributed by atoms with Gasteiger partial charge in [0.15, 0.2) is 0 Å². The second-order valence-electron chi connectivity index (χ2n) is 5.41. The van der Waals surface area contributed by atoms with E-state index in [9.17, 15) is 13.2 Å². The molecular formula is C16H21N3O3S2. The lowest BCUT2D eigenvalue weighted by atomic mass is 10.2. The van der Waals surface area contributed by atoms with Crippen LogP contribution in [0.3, 0.4) is 0 Å². The van der Waals surface area contributed by atoms with Gasteiger partial charge in [-0.15, -0.1) is 11.3 Å². The Bertz CT molecular complexity index is 769. The smallest absolute Gasteiger partial charge is 0.250 e. The molecule has 130 valence electrons. The second kappa shape index (κ2) is 7.78. The van der Waals surface area contributed by atoms with Crippen LogP contribution in [0, 0.1) is 0 Å². The Labute approximate surface area is 146 Å². The number of rotatable bonds is 7. The van der Waals surface area contributed by atoms with Crippen LogP contribution in [0.1, 0.15) is 6.92 Å². The van der Waals surface area contributed by atoms with Crippen molar-refractivity contribution in [2.45, 2.75) is 11.1 Å². The summed E-state index contributed by atoms with van der Waals surface area (Å²) in [7, 11) is 0.369. The van der Waals surface area contributed by atoms with Gasteiger partial charge in [0.1, 0.15) is 4.21 Å². The minimum Gasteiger partial charge on any atom is -0.378 e. The van der Waals surface area contributed by atoms with Gasteiger partial charge in [-0.3, -0.25) is 4.79 Å². The summed E-state index contributed by atoms with van der Waals surface area (Å²) < 4.78 is 27.0. The Morgan fingerprint density at radius 3 is 2.25 bits per heavy atom. The largest absolute Gasteiger partial charge is 0.378 e. The van der Waals surface area contributed by atoms with Crippen molar-refractivity contribution in [3.63, 3.8) is 0 Å². The lowest BCUT2D eigenvalue weighted by Crippen LogP contribution is -2.37. The van der Waals surface area contributed by atoms with E-state index in [4.69, 9.17) is 0 Å². The third-order valence-corrected chi connectivity index (χ3v) is 6.30. The van der Waals surface area contributed by atoms with Gasteiger partial charge in [-0.05, 0) is 35.7 Å². The molecule has 0 aliphatic heterocycles. The lowest BCUT2D eigenvalue weighted by Gasteiger charge is -2.22. The molecule has 0 saturated carbocycles. The van der Waals surface area contributed by atoms with Gasteiger partial charge >= 0.3 is 0 Å². The SMILES string of the molecule is CC(=O)N(CCNS(=O)(=O)c1cccs1)c1ccc(N(C)C)cc1. The highest BCUT2D eigenvalue weighted by Crippen LogP contribution is 2.20. The molecule has 0 aliphatic carbocycles. The van der Waals surface area contributed by atoms with Crippen LogP contribution in [0.15, 0.2) is 46.0 Å². The summed E-state index contributed by atoms with van der Waals surface area (Å²) in [6, 6.07) is 10.8. The third-order valence-electron chi connectivity index (χ3n) is 3.45. The van der Waals surface area contributed by atoms with Gasteiger partial charge in [0.2, 0.25) is 15.9 Å². The minimum absolute atomic E-state index is 0.136. The molecule has 0 spiro atoms. The molecule has 0 radical (unpaired) electrons. The first-order chi connectivity index (χ1) is 11.3. The Kier molecular flexibility index (Phi) is 5.98. The van der Waals surface area contributed by atoms with Crippen LogP contribution in [-0.4, -0.2) is 41.5 Å². The van der Waals surface area contributed by atoms with E-state index in [1.54, 1.807) is 22.4 Å². The van der Waals surface area contributed by atoms with Crippen molar-refractivity contribution in [2.24, 2.45) is 0 Å². The molecule has 6 nitrogen and oxygen atoms in total. The van der Waals surface area contributed by atoms with Crippen LogP contribution in [0.25, 0.3) is 0 Å². The molecule has 0 unspecified atom stereocenters. The van der Waals surface area contributed by atoms with Crippen molar-refractivity contribution in [3.8, 4) is 0 Å². The third kappa shape index (κ3) is 4.56. The summed E-state index contributed by atoms with van der Waals surface area (Å²) in [5.74, 6) is -0.136. The zero-order valence-corrected chi connectivity index (χ0v) is 15.5. The van der Waals surface area contributed by atoms with E-state index in [-0.39, 0.29) is 23.2 Å². The normalized spacial score (nSPS) is 11.3. The first kappa shape index (κ1) is 18.4. The molecule has 2 aromatic rings. The molecule has 8 heteroatoms. The highest BCUT2D eigenvalue weighted by atomic mass is 32.2. The molecule has 1 amide bonds. The Morgan fingerprint density at radius 2 is 1.75 bits per heavy atom.